The second-order valence-electron chi connectivity index (χ2n) is 4.56. The van der Waals surface area contributed by atoms with Crippen LogP contribution in [0.15, 0.2) is 12.7 Å². The lowest BCUT2D eigenvalue weighted by Crippen LogP contribution is -2.33. The number of fused-ring (bicyclic) bond motifs is 1. The molecule has 3 rings (SSSR count). The third kappa shape index (κ3) is 2.18. The number of nitrogens with two attached hydrogens (primary N) is 1. The van der Waals surface area contributed by atoms with Crippen molar-refractivity contribution in [3.63, 3.8) is 0 Å². The van der Waals surface area contributed by atoms with Gasteiger partial charge in [0.1, 0.15) is 36.8 Å². The molecule has 0 aliphatic carbocycles. The predicted molar refractivity (Wildman–Crippen MR) is 67.7 cm³/mol. The van der Waals surface area contributed by atoms with Gasteiger partial charge in [0.2, 0.25) is 0 Å². The van der Waals surface area contributed by atoms with E-state index in [0.29, 0.717) is 11.2 Å². The fraction of sp³-hybridized carbons (Fsp3) is 0.455. The van der Waals surface area contributed by atoms with Gasteiger partial charge in [-0.25, -0.2) is 15.0 Å². The molecule has 112 valence electrons. The van der Waals surface area contributed by atoms with Gasteiger partial charge in [-0.05, 0) is 0 Å². The van der Waals surface area contributed by atoms with Crippen LogP contribution < -0.4 is 5.73 Å². The van der Waals surface area contributed by atoms with Gasteiger partial charge >= 0.3 is 0 Å². The summed E-state index contributed by atoms with van der Waals surface area (Å²) in [5.41, 5.74) is 6.43. The van der Waals surface area contributed by atoms with Crippen LogP contribution in [0, 0.1) is 0 Å². The lowest BCUT2D eigenvalue weighted by Gasteiger charge is -2.16. The molecule has 1 saturated heterocycles. The topological polar surface area (TPSA) is 146 Å². The molecular weight excluding hydrogens is 282 g/mol. The quantitative estimate of drug-likeness (QED) is 0.556. The number of aliphatic hydroxyl groups is 2. The number of hydrogen-bond donors (Lipinski definition) is 3. The lowest BCUT2D eigenvalue weighted by atomic mass is 10.1. The number of carbonyl (C=O) groups is 1. The van der Waals surface area contributed by atoms with E-state index >= 15 is 0 Å². The monoisotopic (exact) mass is 295 g/mol. The smallest absolute Gasteiger partial charge is 0.293 e. The highest BCUT2D eigenvalue weighted by atomic mass is 16.6. The molecule has 4 N–H and O–H groups in total. The van der Waals surface area contributed by atoms with Gasteiger partial charge in [-0.2, -0.15) is 0 Å². The van der Waals surface area contributed by atoms with Crippen LogP contribution in [0.25, 0.3) is 11.2 Å². The van der Waals surface area contributed by atoms with E-state index in [9.17, 15) is 15.0 Å². The number of anilines is 1. The van der Waals surface area contributed by atoms with Crippen molar-refractivity contribution in [3.8, 4) is 0 Å². The van der Waals surface area contributed by atoms with Crippen LogP contribution in [0.5, 0.6) is 0 Å². The fourth-order valence-corrected chi connectivity index (χ4v) is 2.29. The van der Waals surface area contributed by atoms with Gasteiger partial charge < -0.3 is 25.4 Å². The van der Waals surface area contributed by atoms with Crippen molar-refractivity contribution in [2.24, 2.45) is 0 Å². The molecule has 2 aromatic rings. The molecule has 0 spiro atoms. The maximum absolute atomic E-state index is 10.2. The Kier molecular flexibility index (Phi) is 3.41. The summed E-state index contributed by atoms with van der Waals surface area (Å²) < 4.78 is 11.5. The average molecular weight is 295 g/mol. The third-order valence-electron chi connectivity index (χ3n) is 3.33. The van der Waals surface area contributed by atoms with E-state index in [-0.39, 0.29) is 18.9 Å². The SMILES string of the molecule is Nc1ncnc2c1ncn2[C@@H]1O[C@H](COC=O)C(O)C1O. The second kappa shape index (κ2) is 5.24. The number of hydrogen-bond acceptors (Lipinski definition) is 9. The molecule has 0 radical (unpaired) electrons. The van der Waals surface area contributed by atoms with Gasteiger partial charge in [-0.15, -0.1) is 0 Å². The molecule has 0 aromatic carbocycles. The van der Waals surface area contributed by atoms with Crippen LogP contribution >= 0.6 is 0 Å². The molecule has 4 atom stereocenters. The number of rotatable bonds is 4. The number of nitrogen functional groups attached to an aromatic ring is 1. The number of aromatic nitrogens is 4. The summed E-state index contributed by atoms with van der Waals surface area (Å²) in [4.78, 5) is 22.1. The van der Waals surface area contributed by atoms with Crippen LogP contribution in [0.2, 0.25) is 0 Å². The minimum Gasteiger partial charge on any atom is -0.465 e. The molecule has 1 fully saturated rings. The zero-order valence-corrected chi connectivity index (χ0v) is 10.7. The molecule has 3 heterocycles. The normalized spacial score (nSPS) is 28.9. The van der Waals surface area contributed by atoms with Gasteiger partial charge in [0, 0.05) is 0 Å². The van der Waals surface area contributed by atoms with E-state index < -0.39 is 24.5 Å². The first-order valence-corrected chi connectivity index (χ1v) is 6.13. The van der Waals surface area contributed by atoms with Gasteiger partial charge in [-0.3, -0.25) is 9.36 Å². The summed E-state index contributed by atoms with van der Waals surface area (Å²) >= 11 is 0. The lowest BCUT2D eigenvalue weighted by molar-refractivity contribution is -0.135. The highest BCUT2D eigenvalue weighted by Crippen LogP contribution is 2.31. The number of ether oxygens (including phenoxy) is 2. The number of imidazole rings is 1. The van der Waals surface area contributed by atoms with E-state index in [2.05, 4.69) is 19.7 Å². The van der Waals surface area contributed by atoms with Crippen molar-refractivity contribution in [1.29, 1.82) is 0 Å². The fourth-order valence-electron chi connectivity index (χ4n) is 2.29. The van der Waals surface area contributed by atoms with Crippen LogP contribution in [-0.4, -0.2) is 61.1 Å². The second-order valence-corrected chi connectivity index (χ2v) is 4.56. The first kappa shape index (κ1) is 13.7. The Labute approximate surface area is 118 Å². The van der Waals surface area contributed by atoms with Crippen molar-refractivity contribution in [1.82, 2.24) is 19.5 Å². The Balaban J connectivity index is 1.92. The Bertz CT molecular complexity index is 661. The Morgan fingerprint density at radius 1 is 1.38 bits per heavy atom. The number of nitrogens with zero attached hydrogens (tertiary/aromatic N) is 4. The van der Waals surface area contributed by atoms with Crippen LogP contribution in [0.4, 0.5) is 5.82 Å². The van der Waals surface area contributed by atoms with Gasteiger partial charge in [0.25, 0.3) is 6.47 Å². The van der Waals surface area contributed by atoms with Crippen molar-refractivity contribution < 1.29 is 24.5 Å². The molecule has 21 heavy (non-hydrogen) atoms. The first-order valence-electron chi connectivity index (χ1n) is 6.13. The molecule has 0 amide bonds. The largest absolute Gasteiger partial charge is 0.465 e. The minimum absolute atomic E-state index is 0.165. The average Bonchev–Trinajstić information content (AvgIpc) is 3.02. The maximum atomic E-state index is 10.2. The Morgan fingerprint density at radius 2 is 2.19 bits per heavy atom. The van der Waals surface area contributed by atoms with E-state index in [1.807, 2.05) is 0 Å². The zero-order chi connectivity index (χ0) is 15.0. The van der Waals surface area contributed by atoms with Crippen LogP contribution in [-0.2, 0) is 14.3 Å². The molecular formula is C11H13N5O5. The van der Waals surface area contributed by atoms with Crippen molar-refractivity contribution >= 4 is 23.5 Å². The van der Waals surface area contributed by atoms with Crippen molar-refractivity contribution in [2.45, 2.75) is 24.5 Å². The molecule has 10 nitrogen and oxygen atoms in total. The Hall–Kier alpha value is -2.30. The maximum Gasteiger partial charge on any atom is 0.293 e. The molecule has 0 saturated carbocycles. The van der Waals surface area contributed by atoms with E-state index in [1.165, 1.54) is 17.2 Å². The minimum atomic E-state index is -1.22. The molecule has 1 aliphatic heterocycles. The van der Waals surface area contributed by atoms with Crippen molar-refractivity contribution in [2.75, 3.05) is 12.3 Å². The van der Waals surface area contributed by atoms with Gasteiger partial charge in [-0.1, -0.05) is 0 Å². The molecule has 2 aromatic heterocycles. The highest BCUT2D eigenvalue weighted by molar-refractivity contribution is 5.81. The summed E-state index contributed by atoms with van der Waals surface area (Å²) in [6.07, 6.45) is -1.53. The Morgan fingerprint density at radius 3 is 2.95 bits per heavy atom. The van der Waals surface area contributed by atoms with Crippen molar-refractivity contribution in [3.05, 3.63) is 12.7 Å². The zero-order valence-electron chi connectivity index (χ0n) is 10.7. The highest BCUT2D eigenvalue weighted by Gasteiger charge is 2.44. The van der Waals surface area contributed by atoms with E-state index in [4.69, 9.17) is 10.5 Å². The molecule has 0 bridgehead atoms. The third-order valence-corrected chi connectivity index (χ3v) is 3.33. The van der Waals surface area contributed by atoms with Crippen LogP contribution in [0.1, 0.15) is 6.23 Å². The number of aliphatic hydroxyl groups excluding tert-OH is 2. The summed E-state index contributed by atoms with van der Waals surface area (Å²) in [5.74, 6) is 0.202. The standard InChI is InChI=1S/C11H13N5O5/c12-9-6-10(14-2-13-9)16(3-15-6)11-8(19)7(18)5(21-11)1-20-4-17/h2-5,7-8,11,18-19H,1H2,(H2,12,13,14)/t5-,7?,8?,11-/m1/s1. The first-order chi connectivity index (χ1) is 10.1. The van der Waals surface area contributed by atoms with Crippen LogP contribution in [0.3, 0.4) is 0 Å². The van der Waals surface area contributed by atoms with Gasteiger partial charge in [0.15, 0.2) is 17.7 Å². The molecule has 10 heteroatoms. The predicted octanol–water partition coefficient (Wildman–Crippen LogP) is -1.80. The number of carbonyl (C=O) groups excluding carboxylic acids is 1. The summed E-state index contributed by atoms with van der Waals surface area (Å²) in [6, 6.07) is 0. The molecule has 1 aliphatic rings. The summed E-state index contributed by atoms with van der Waals surface area (Å²) in [6.45, 7) is 0.0817. The summed E-state index contributed by atoms with van der Waals surface area (Å²) in [5, 5.41) is 20.0. The van der Waals surface area contributed by atoms with E-state index in [0.717, 1.165) is 0 Å². The summed E-state index contributed by atoms with van der Waals surface area (Å²) in [7, 11) is 0. The van der Waals surface area contributed by atoms with Gasteiger partial charge in [0.05, 0.1) is 6.33 Å². The molecule has 2 unspecified atom stereocenters. The van der Waals surface area contributed by atoms with E-state index in [1.54, 1.807) is 0 Å².